The van der Waals surface area contributed by atoms with Crippen LogP contribution >= 0.6 is 23.1 Å². The quantitative estimate of drug-likeness (QED) is 0.515. The van der Waals surface area contributed by atoms with Crippen LogP contribution in [-0.4, -0.2) is 15.4 Å². The first-order valence-electron chi connectivity index (χ1n) is 9.01. The molecule has 146 valence electrons. The topological polar surface area (TPSA) is 59.4 Å². The highest BCUT2D eigenvalue weighted by molar-refractivity contribution is 7.06. The summed E-state index contributed by atoms with van der Waals surface area (Å²) in [5.74, 6) is 0.0248. The second-order valence-corrected chi connectivity index (χ2v) is 8.14. The van der Waals surface area contributed by atoms with Gasteiger partial charge in [0.15, 0.2) is 0 Å². The number of carboxylic acids is 1. The Morgan fingerprint density at radius 3 is 2.50 bits per heavy atom. The molecule has 0 aliphatic heterocycles. The zero-order valence-corrected chi connectivity index (χ0v) is 17.7. The molecular weight excluding hydrogens is 394 g/mol. The van der Waals surface area contributed by atoms with Gasteiger partial charge in [-0.2, -0.15) is 4.37 Å². The number of carbonyl (C=O) groups is 1. The molecule has 1 aromatic heterocycles. The third-order valence-corrected chi connectivity index (χ3v) is 5.98. The first-order chi connectivity index (χ1) is 13.4. The van der Waals surface area contributed by atoms with E-state index >= 15 is 0 Å². The number of carboxylic acid groups (broad SMARTS) is 1. The zero-order chi connectivity index (χ0) is 20.3. The molecule has 0 atom stereocenters. The minimum absolute atomic E-state index is 0.130. The van der Waals surface area contributed by atoms with Crippen LogP contribution in [0.1, 0.15) is 33.6 Å². The van der Waals surface area contributed by atoms with Gasteiger partial charge in [0, 0.05) is 27.4 Å². The molecule has 0 spiro atoms. The summed E-state index contributed by atoms with van der Waals surface area (Å²) in [6.45, 7) is 6.49. The minimum Gasteiger partial charge on any atom is -0.489 e. The predicted molar refractivity (Wildman–Crippen MR) is 114 cm³/mol. The highest BCUT2D eigenvalue weighted by atomic mass is 35.5. The number of aliphatic carboxylic acids is 1. The molecule has 0 amide bonds. The molecule has 0 bridgehead atoms. The third-order valence-electron chi connectivity index (χ3n) is 4.93. The lowest BCUT2D eigenvalue weighted by molar-refractivity contribution is -0.136. The molecular formula is C22H22ClNO3S. The number of rotatable bonds is 7. The summed E-state index contributed by atoms with van der Waals surface area (Å²) < 4.78 is 10.7. The van der Waals surface area contributed by atoms with E-state index in [1.54, 1.807) is 0 Å². The molecule has 6 heteroatoms. The average molecular weight is 416 g/mol. The average Bonchev–Trinajstić information content (AvgIpc) is 3.03. The van der Waals surface area contributed by atoms with Crippen LogP contribution < -0.4 is 4.74 Å². The second-order valence-electron chi connectivity index (χ2n) is 6.73. The molecule has 3 aromatic rings. The van der Waals surface area contributed by atoms with E-state index < -0.39 is 5.97 Å². The Morgan fingerprint density at radius 1 is 1.11 bits per heavy atom. The van der Waals surface area contributed by atoms with Crippen molar-refractivity contribution in [3.63, 3.8) is 0 Å². The van der Waals surface area contributed by atoms with Gasteiger partial charge in [-0.05, 0) is 73.6 Å². The number of aryl methyl sites for hydroxylation is 2. The van der Waals surface area contributed by atoms with E-state index in [-0.39, 0.29) is 6.42 Å². The maximum atomic E-state index is 10.8. The molecule has 0 radical (unpaired) electrons. The van der Waals surface area contributed by atoms with Crippen molar-refractivity contribution >= 4 is 29.1 Å². The largest absolute Gasteiger partial charge is 0.489 e. The minimum atomic E-state index is -0.785. The molecule has 0 unspecified atom stereocenters. The fraction of sp³-hybridized carbons (Fsp3) is 0.273. The van der Waals surface area contributed by atoms with Crippen molar-refractivity contribution in [3.05, 3.63) is 68.6 Å². The van der Waals surface area contributed by atoms with Crippen molar-refractivity contribution in [2.75, 3.05) is 0 Å². The normalized spacial score (nSPS) is 10.9. The van der Waals surface area contributed by atoms with Crippen LogP contribution in [-0.2, 0) is 17.8 Å². The summed E-state index contributed by atoms with van der Waals surface area (Å²) in [4.78, 5) is 12.0. The monoisotopic (exact) mass is 415 g/mol. The van der Waals surface area contributed by atoms with E-state index in [9.17, 15) is 4.79 Å². The zero-order valence-electron chi connectivity index (χ0n) is 16.1. The molecule has 0 saturated heterocycles. The van der Waals surface area contributed by atoms with Gasteiger partial charge in [-0.1, -0.05) is 29.8 Å². The molecule has 0 fully saturated rings. The van der Waals surface area contributed by atoms with Crippen molar-refractivity contribution in [3.8, 4) is 17.0 Å². The Bertz CT molecular complexity index is 996. The van der Waals surface area contributed by atoms with Gasteiger partial charge in [-0.3, -0.25) is 4.79 Å². The van der Waals surface area contributed by atoms with Crippen LogP contribution in [0, 0.1) is 20.8 Å². The van der Waals surface area contributed by atoms with E-state index in [4.69, 9.17) is 21.4 Å². The van der Waals surface area contributed by atoms with E-state index in [1.165, 1.54) is 11.5 Å². The first-order valence-corrected chi connectivity index (χ1v) is 10.2. The molecule has 1 N–H and O–H groups in total. The summed E-state index contributed by atoms with van der Waals surface area (Å²) in [5, 5.41) is 9.60. The van der Waals surface area contributed by atoms with Gasteiger partial charge in [0.25, 0.3) is 0 Å². The van der Waals surface area contributed by atoms with Crippen LogP contribution in [0.15, 0.2) is 36.4 Å². The van der Waals surface area contributed by atoms with Crippen molar-refractivity contribution < 1.29 is 14.6 Å². The van der Waals surface area contributed by atoms with Crippen LogP contribution in [0.4, 0.5) is 0 Å². The van der Waals surface area contributed by atoms with E-state index in [1.807, 2.05) is 57.2 Å². The maximum absolute atomic E-state index is 10.8. The van der Waals surface area contributed by atoms with Crippen LogP contribution in [0.25, 0.3) is 11.3 Å². The van der Waals surface area contributed by atoms with E-state index in [0.717, 1.165) is 44.1 Å². The van der Waals surface area contributed by atoms with Gasteiger partial charge >= 0.3 is 5.97 Å². The van der Waals surface area contributed by atoms with Gasteiger partial charge in [0.1, 0.15) is 12.4 Å². The second kappa shape index (κ2) is 8.76. The Hall–Kier alpha value is -2.37. The Kier molecular flexibility index (Phi) is 6.37. The lowest BCUT2D eigenvalue weighted by atomic mass is 9.99. The number of aromatic nitrogens is 1. The van der Waals surface area contributed by atoms with Crippen molar-refractivity contribution in [2.45, 2.75) is 40.2 Å². The van der Waals surface area contributed by atoms with Gasteiger partial charge < -0.3 is 9.84 Å². The van der Waals surface area contributed by atoms with Crippen molar-refractivity contribution in [2.24, 2.45) is 0 Å². The maximum Gasteiger partial charge on any atom is 0.303 e. The number of hydrogen-bond acceptors (Lipinski definition) is 4. The van der Waals surface area contributed by atoms with Crippen molar-refractivity contribution in [1.29, 1.82) is 0 Å². The first kappa shape index (κ1) is 20.4. The summed E-state index contributed by atoms with van der Waals surface area (Å²) >= 11 is 7.46. The number of ether oxygens (including phenoxy) is 1. The highest BCUT2D eigenvalue weighted by Crippen LogP contribution is 2.31. The molecule has 0 saturated carbocycles. The van der Waals surface area contributed by atoms with Crippen molar-refractivity contribution in [1.82, 2.24) is 4.37 Å². The molecule has 4 nitrogen and oxygen atoms in total. The number of benzene rings is 2. The molecule has 28 heavy (non-hydrogen) atoms. The lowest BCUT2D eigenvalue weighted by Gasteiger charge is -2.15. The smallest absolute Gasteiger partial charge is 0.303 e. The molecule has 2 aromatic carbocycles. The SMILES string of the molecule is Cc1snc(-c2ccc(Cl)cc2)c1COc1ccc(CCC(=O)O)c(C)c1C. The Labute approximate surface area is 173 Å². The standard InChI is InChI=1S/C22H22ClNO3S/c1-13-14(2)20(10-6-16(13)7-11-21(25)26)27-12-19-15(3)28-24-22(19)17-4-8-18(23)9-5-17/h4-6,8-10H,7,11-12H2,1-3H3,(H,25,26). The molecule has 0 aliphatic rings. The fourth-order valence-electron chi connectivity index (χ4n) is 3.07. The Balaban J connectivity index is 1.79. The fourth-order valence-corrected chi connectivity index (χ4v) is 3.90. The predicted octanol–water partition coefficient (Wildman–Crippen LogP) is 5.98. The molecule has 1 heterocycles. The van der Waals surface area contributed by atoms with Gasteiger partial charge in [-0.15, -0.1) is 0 Å². The number of hydrogen-bond donors (Lipinski definition) is 1. The van der Waals surface area contributed by atoms with Gasteiger partial charge in [-0.25, -0.2) is 0 Å². The van der Waals surface area contributed by atoms with Crippen LogP contribution in [0.5, 0.6) is 5.75 Å². The van der Waals surface area contributed by atoms with Gasteiger partial charge in [0.05, 0.1) is 5.69 Å². The Morgan fingerprint density at radius 2 is 1.82 bits per heavy atom. The van der Waals surface area contributed by atoms with Gasteiger partial charge in [0.2, 0.25) is 0 Å². The summed E-state index contributed by atoms with van der Waals surface area (Å²) in [6, 6.07) is 11.5. The number of halogens is 1. The third kappa shape index (κ3) is 4.54. The number of nitrogens with zero attached hydrogens (tertiary/aromatic N) is 1. The summed E-state index contributed by atoms with van der Waals surface area (Å²) in [6.07, 6.45) is 0.654. The van der Waals surface area contributed by atoms with E-state index in [2.05, 4.69) is 4.37 Å². The van der Waals surface area contributed by atoms with Crippen LogP contribution in [0.2, 0.25) is 5.02 Å². The highest BCUT2D eigenvalue weighted by Gasteiger charge is 2.15. The van der Waals surface area contributed by atoms with E-state index in [0.29, 0.717) is 18.1 Å². The van der Waals surface area contributed by atoms with Crippen LogP contribution in [0.3, 0.4) is 0 Å². The summed E-state index contributed by atoms with van der Waals surface area (Å²) in [7, 11) is 0. The summed E-state index contributed by atoms with van der Waals surface area (Å²) in [5.41, 5.74) is 6.17. The lowest BCUT2D eigenvalue weighted by Crippen LogP contribution is -2.03. The molecule has 0 aliphatic carbocycles. The molecule has 3 rings (SSSR count).